The summed E-state index contributed by atoms with van der Waals surface area (Å²) in [6.07, 6.45) is 2.39. The van der Waals surface area contributed by atoms with Crippen molar-refractivity contribution in [3.63, 3.8) is 0 Å². The van der Waals surface area contributed by atoms with Crippen molar-refractivity contribution in [2.45, 2.75) is 31.8 Å². The summed E-state index contributed by atoms with van der Waals surface area (Å²) in [7, 11) is 1.90. The van der Waals surface area contributed by atoms with Crippen LogP contribution in [-0.2, 0) is 0 Å². The van der Waals surface area contributed by atoms with Gasteiger partial charge in [0.05, 0.1) is 0 Å². The van der Waals surface area contributed by atoms with Gasteiger partial charge in [-0.05, 0) is 68.6 Å². The monoisotopic (exact) mass is 338 g/mol. The number of aromatic nitrogens is 1. The minimum absolute atomic E-state index is 0.00342. The summed E-state index contributed by atoms with van der Waals surface area (Å²) in [5.74, 6) is 0.621. The molecule has 3 N–H and O–H groups in total. The molecule has 5 rings (SSSR count). The van der Waals surface area contributed by atoms with E-state index >= 15 is 0 Å². The molecule has 1 aromatic carbocycles. The number of nitrogens with zero attached hydrogens (tertiary/aromatic N) is 1. The predicted molar refractivity (Wildman–Crippen MR) is 101 cm³/mol. The van der Waals surface area contributed by atoms with Gasteiger partial charge in [0, 0.05) is 30.5 Å². The van der Waals surface area contributed by atoms with Gasteiger partial charge >= 0.3 is 0 Å². The maximum atomic E-state index is 12.7. The summed E-state index contributed by atoms with van der Waals surface area (Å²) >= 11 is 0. The first-order valence-corrected chi connectivity index (χ1v) is 9.18. The quantitative estimate of drug-likeness (QED) is 0.803. The SMILES string of the molecule is CNc1ccc(-c2ccc(C(=O)NC3C4CCN(CC4)C3C)[nH]2)cc1. The highest BCUT2D eigenvalue weighted by molar-refractivity contribution is 5.93. The van der Waals surface area contributed by atoms with Gasteiger partial charge in [0.2, 0.25) is 0 Å². The molecule has 1 aromatic heterocycles. The molecule has 132 valence electrons. The third kappa shape index (κ3) is 3.04. The topological polar surface area (TPSA) is 60.2 Å². The molecule has 5 heteroatoms. The van der Waals surface area contributed by atoms with Crippen molar-refractivity contribution < 1.29 is 4.79 Å². The molecule has 2 atom stereocenters. The minimum Gasteiger partial charge on any atom is -0.388 e. The van der Waals surface area contributed by atoms with Gasteiger partial charge in [-0.1, -0.05) is 12.1 Å². The fourth-order valence-corrected chi connectivity index (χ4v) is 4.29. The molecule has 0 saturated carbocycles. The van der Waals surface area contributed by atoms with E-state index in [1.54, 1.807) is 0 Å². The standard InChI is InChI=1S/C20H26N4O/c1-13-19(15-9-11-24(13)12-10-15)23-20(25)18-8-7-17(22-18)14-3-5-16(21-2)6-4-14/h3-8,13,15,19,21-22H,9-12H2,1-2H3,(H,23,25). The molecule has 3 aliphatic heterocycles. The van der Waals surface area contributed by atoms with Gasteiger partial charge in [0.15, 0.2) is 0 Å². The lowest BCUT2D eigenvalue weighted by atomic mass is 9.79. The Labute approximate surface area is 148 Å². The molecule has 3 fully saturated rings. The summed E-state index contributed by atoms with van der Waals surface area (Å²) < 4.78 is 0. The van der Waals surface area contributed by atoms with Crippen LogP contribution in [0.2, 0.25) is 0 Å². The normalized spacial score (nSPS) is 27.9. The van der Waals surface area contributed by atoms with E-state index in [0.717, 1.165) is 16.9 Å². The van der Waals surface area contributed by atoms with E-state index < -0.39 is 0 Å². The van der Waals surface area contributed by atoms with Crippen LogP contribution in [0.1, 0.15) is 30.3 Å². The molecule has 2 unspecified atom stereocenters. The van der Waals surface area contributed by atoms with E-state index in [1.807, 2.05) is 31.3 Å². The lowest BCUT2D eigenvalue weighted by molar-refractivity contribution is 0.0216. The maximum Gasteiger partial charge on any atom is 0.267 e. The number of hydrogen-bond acceptors (Lipinski definition) is 3. The Balaban J connectivity index is 1.47. The molecule has 1 amide bonds. The molecule has 2 bridgehead atoms. The third-order valence-corrected chi connectivity index (χ3v) is 5.89. The predicted octanol–water partition coefficient (Wildman–Crippen LogP) is 2.94. The van der Waals surface area contributed by atoms with Gasteiger partial charge in [-0.3, -0.25) is 9.69 Å². The number of hydrogen-bond donors (Lipinski definition) is 3. The molecule has 2 aromatic rings. The molecule has 25 heavy (non-hydrogen) atoms. The second-order valence-corrected chi connectivity index (χ2v) is 7.23. The minimum atomic E-state index is 0.00342. The van der Waals surface area contributed by atoms with Crippen LogP contribution in [0.25, 0.3) is 11.3 Å². The molecule has 5 nitrogen and oxygen atoms in total. The maximum absolute atomic E-state index is 12.7. The lowest BCUT2D eigenvalue weighted by Crippen LogP contribution is -2.62. The van der Waals surface area contributed by atoms with E-state index in [1.165, 1.54) is 25.9 Å². The average Bonchev–Trinajstić information content (AvgIpc) is 3.15. The van der Waals surface area contributed by atoms with E-state index in [4.69, 9.17) is 0 Å². The van der Waals surface area contributed by atoms with Crippen LogP contribution in [0.5, 0.6) is 0 Å². The highest BCUT2D eigenvalue weighted by atomic mass is 16.2. The first-order valence-electron chi connectivity index (χ1n) is 9.18. The molecule has 0 aliphatic carbocycles. The Morgan fingerprint density at radius 3 is 2.48 bits per heavy atom. The summed E-state index contributed by atoms with van der Waals surface area (Å²) in [4.78, 5) is 18.5. The van der Waals surface area contributed by atoms with Crippen molar-refractivity contribution in [1.82, 2.24) is 15.2 Å². The smallest absolute Gasteiger partial charge is 0.267 e. The Morgan fingerprint density at radius 2 is 1.84 bits per heavy atom. The Hall–Kier alpha value is -2.27. The van der Waals surface area contributed by atoms with Gasteiger partial charge in [0.1, 0.15) is 5.69 Å². The number of carbonyl (C=O) groups is 1. The van der Waals surface area contributed by atoms with Gasteiger partial charge in [-0.15, -0.1) is 0 Å². The van der Waals surface area contributed by atoms with Crippen LogP contribution >= 0.6 is 0 Å². The first kappa shape index (κ1) is 16.2. The molecule has 4 heterocycles. The number of aromatic amines is 1. The largest absolute Gasteiger partial charge is 0.388 e. The van der Waals surface area contributed by atoms with Crippen LogP contribution in [0.4, 0.5) is 5.69 Å². The van der Waals surface area contributed by atoms with E-state index in [9.17, 15) is 4.79 Å². The zero-order valence-electron chi connectivity index (χ0n) is 14.9. The molecule has 0 spiro atoms. The first-order chi connectivity index (χ1) is 12.2. The molecular formula is C20H26N4O. The zero-order valence-corrected chi connectivity index (χ0v) is 14.9. The van der Waals surface area contributed by atoms with E-state index in [2.05, 4.69) is 39.6 Å². The number of amides is 1. The zero-order chi connectivity index (χ0) is 17.4. The number of benzene rings is 1. The van der Waals surface area contributed by atoms with Crippen molar-refractivity contribution in [1.29, 1.82) is 0 Å². The van der Waals surface area contributed by atoms with E-state index in [-0.39, 0.29) is 11.9 Å². The highest BCUT2D eigenvalue weighted by Crippen LogP contribution is 2.32. The number of anilines is 1. The number of carbonyl (C=O) groups excluding carboxylic acids is 1. The Morgan fingerprint density at radius 1 is 1.12 bits per heavy atom. The number of H-pyrrole nitrogens is 1. The van der Waals surface area contributed by atoms with Gasteiger partial charge in [-0.25, -0.2) is 0 Å². The van der Waals surface area contributed by atoms with Gasteiger partial charge < -0.3 is 15.6 Å². The van der Waals surface area contributed by atoms with Crippen LogP contribution in [0.15, 0.2) is 36.4 Å². The third-order valence-electron chi connectivity index (χ3n) is 5.89. The van der Waals surface area contributed by atoms with Crippen molar-refractivity contribution >= 4 is 11.6 Å². The summed E-state index contributed by atoms with van der Waals surface area (Å²) in [6.45, 7) is 4.58. The van der Waals surface area contributed by atoms with Crippen LogP contribution in [0, 0.1) is 5.92 Å². The fourth-order valence-electron chi connectivity index (χ4n) is 4.29. The Kier molecular flexibility index (Phi) is 4.25. The average molecular weight is 338 g/mol. The van der Waals surface area contributed by atoms with Crippen LogP contribution in [0.3, 0.4) is 0 Å². The van der Waals surface area contributed by atoms with Crippen molar-refractivity contribution in [3.8, 4) is 11.3 Å². The molecule has 3 saturated heterocycles. The van der Waals surface area contributed by atoms with Crippen molar-refractivity contribution in [3.05, 3.63) is 42.1 Å². The second kappa shape index (κ2) is 6.56. The van der Waals surface area contributed by atoms with E-state index in [0.29, 0.717) is 17.7 Å². The lowest BCUT2D eigenvalue weighted by Gasteiger charge is -2.49. The van der Waals surface area contributed by atoms with Gasteiger partial charge in [-0.2, -0.15) is 0 Å². The van der Waals surface area contributed by atoms with Gasteiger partial charge in [0.25, 0.3) is 5.91 Å². The number of fused-ring (bicyclic) bond motifs is 3. The molecule has 3 aliphatic rings. The van der Waals surface area contributed by atoms with Crippen LogP contribution in [-0.4, -0.2) is 48.0 Å². The number of nitrogens with one attached hydrogen (secondary N) is 3. The summed E-state index contributed by atoms with van der Waals surface area (Å²) in [6, 6.07) is 12.7. The summed E-state index contributed by atoms with van der Waals surface area (Å²) in [5, 5.41) is 6.39. The molecule has 0 radical (unpaired) electrons. The van der Waals surface area contributed by atoms with Crippen LogP contribution < -0.4 is 10.6 Å². The summed E-state index contributed by atoms with van der Waals surface area (Å²) in [5.41, 5.74) is 3.75. The highest BCUT2D eigenvalue weighted by Gasteiger charge is 2.40. The number of rotatable bonds is 4. The fraction of sp³-hybridized carbons (Fsp3) is 0.450. The Bertz CT molecular complexity index is 741. The second-order valence-electron chi connectivity index (χ2n) is 7.23. The molecular weight excluding hydrogens is 312 g/mol. The number of piperidine rings is 3. The van der Waals surface area contributed by atoms with Crippen molar-refractivity contribution in [2.75, 3.05) is 25.5 Å². The van der Waals surface area contributed by atoms with Crippen molar-refractivity contribution in [2.24, 2.45) is 5.92 Å².